The fourth-order valence-corrected chi connectivity index (χ4v) is 3.61. The van der Waals surface area contributed by atoms with Gasteiger partial charge in [0.1, 0.15) is 23.6 Å². The van der Waals surface area contributed by atoms with Gasteiger partial charge in [0.15, 0.2) is 5.69 Å². The Bertz CT molecular complexity index is 1410. The minimum absolute atomic E-state index is 0.0244. The normalized spacial score (nSPS) is 10.5. The highest BCUT2D eigenvalue weighted by molar-refractivity contribution is 6.07. The number of benzene rings is 3. The number of nitro groups is 1. The molecule has 3 aromatic carbocycles. The predicted molar refractivity (Wildman–Crippen MR) is 129 cm³/mol. The van der Waals surface area contributed by atoms with Gasteiger partial charge >= 0.3 is 11.9 Å². The van der Waals surface area contributed by atoms with E-state index in [0.717, 1.165) is 0 Å². The van der Waals surface area contributed by atoms with Crippen LogP contribution in [-0.2, 0) is 16.1 Å². The van der Waals surface area contributed by atoms with Gasteiger partial charge in [0.25, 0.3) is 5.69 Å². The van der Waals surface area contributed by atoms with Crippen LogP contribution in [0.15, 0.2) is 78.9 Å². The van der Waals surface area contributed by atoms with Gasteiger partial charge < -0.3 is 14.2 Å². The predicted octanol–water partition coefficient (Wildman–Crippen LogP) is 4.60. The highest BCUT2D eigenvalue weighted by Crippen LogP contribution is 2.35. The number of rotatable bonds is 8. The van der Waals surface area contributed by atoms with Gasteiger partial charge in [-0.15, -0.1) is 0 Å². The largest absolute Gasteiger partial charge is 0.488 e. The highest BCUT2D eigenvalue weighted by Gasteiger charge is 2.32. The maximum Gasteiger partial charge on any atom is 0.357 e. The van der Waals surface area contributed by atoms with Crippen molar-refractivity contribution in [2.75, 3.05) is 14.2 Å². The van der Waals surface area contributed by atoms with Crippen molar-refractivity contribution in [2.24, 2.45) is 0 Å². The van der Waals surface area contributed by atoms with Gasteiger partial charge in [-0.1, -0.05) is 30.3 Å². The Morgan fingerprint density at radius 1 is 0.889 bits per heavy atom. The van der Waals surface area contributed by atoms with Crippen LogP contribution < -0.4 is 4.74 Å². The molecule has 1 aromatic heterocycles. The Morgan fingerprint density at radius 3 is 2.17 bits per heavy atom. The molecule has 0 amide bonds. The Hall–Kier alpha value is -4.99. The SMILES string of the molecule is COC(=O)c1c(-c2ccccc2OCc2ccc([N+](=O)[O-])cc2)nn(-c2ccccc2)c1C(=O)OC. The second kappa shape index (κ2) is 10.5. The molecule has 0 aliphatic rings. The molecular formula is C26H21N3O7. The Labute approximate surface area is 205 Å². The molecule has 10 nitrogen and oxygen atoms in total. The molecule has 0 saturated heterocycles. The lowest BCUT2D eigenvalue weighted by Crippen LogP contribution is -2.15. The summed E-state index contributed by atoms with van der Waals surface area (Å²) in [5.41, 5.74) is 1.68. The van der Waals surface area contributed by atoms with Crippen LogP contribution in [0.4, 0.5) is 5.69 Å². The number of hydrogen-bond donors (Lipinski definition) is 0. The Kier molecular flexibility index (Phi) is 7.05. The van der Waals surface area contributed by atoms with Crippen LogP contribution in [0.25, 0.3) is 16.9 Å². The molecule has 182 valence electrons. The fourth-order valence-electron chi connectivity index (χ4n) is 3.61. The summed E-state index contributed by atoms with van der Waals surface area (Å²) in [7, 11) is 2.43. The van der Waals surface area contributed by atoms with E-state index < -0.39 is 16.9 Å². The number of nitrogens with zero attached hydrogens (tertiary/aromatic N) is 3. The quantitative estimate of drug-likeness (QED) is 0.201. The maximum absolute atomic E-state index is 12.9. The van der Waals surface area contributed by atoms with Crippen LogP contribution in [0.1, 0.15) is 26.4 Å². The molecule has 0 fully saturated rings. The average Bonchev–Trinajstić information content (AvgIpc) is 3.32. The Morgan fingerprint density at radius 2 is 1.53 bits per heavy atom. The third-order valence-electron chi connectivity index (χ3n) is 5.34. The number of hydrogen-bond acceptors (Lipinski definition) is 8. The minimum atomic E-state index is -0.766. The molecule has 0 aliphatic heterocycles. The van der Waals surface area contributed by atoms with Crippen molar-refractivity contribution in [1.29, 1.82) is 0 Å². The number of aromatic nitrogens is 2. The lowest BCUT2D eigenvalue weighted by molar-refractivity contribution is -0.384. The molecule has 1 heterocycles. The van der Waals surface area contributed by atoms with Crippen molar-refractivity contribution in [3.8, 4) is 22.7 Å². The summed E-state index contributed by atoms with van der Waals surface area (Å²) >= 11 is 0. The number of methoxy groups -OCH3 is 2. The first-order valence-electron chi connectivity index (χ1n) is 10.7. The molecule has 36 heavy (non-hydrogen) atoms. The third kappa shape index (κ3) is 4.78. The summed E-state index contributed by atoms with van der Waals surface area (Å²) in [6.45, 7) is 0.103. The minimum Gasteiger partial charge on any atom is -0.488 e. The van der Waals surface area contributed by atoms with Crippen LogP contribution in [-0.4, -0.2) is 40.9 Å². The average molecular weight is 487 g/mol. The molecule has 4 aromatic rings. The molecule has 10 heteroatoms. The highest BCUT2D eigenvalue weighted by atomic mass is 16.6. The van der Waals surface area contributed by atoms with E-state index in [1.54, 1.807) is 60.7 Å². The zero-order chi connectivity index (χ0) is 25.7. The molecule has 0 bridgehead atoms. The van der Waals surface area contributed by atoms with Crippen LogP contribution in [0.5, 0.6) is 5.75 Å². The van der Waals surface area contributed by atoms with E-state index in [4.69, 9.17) is 14.2 Å². The van der Waals surface area contributed by atoms with E-state index in [0.29, 0.717) is 22.6 Å². The summed E-state index contributed by atoms with van der Waals surface area (Å²) in [6.07, 6.45) is 0. The van der Waals surface area contributed by atoms with Gasteiger partial charge in [-0.2, -0.15) is 5.10 Å². The number of non-ortho nitro benzene ring substituents is 1. The molecule has 0 radical (unpaired) electrons. The molecule has 0 aliphatic carbocycles. The van der Waals surface area contributed by atoms with E-state index >= 15 is 0 Å². The summed E-state index contributed by atoms with van der Waals surface area (Å²) in [5.74, 6) is -1.14. The zero-order valence-corrected chi connectivity index (χ0v) is 19.4. The standard InChI is InChI=1S/C26H21N3O7/c1-34-25(30)22-23(27-28(24(22)26(31)35-2)18-8-4-3-5-9-18)20-10-6-7-11-21(20)36-16-17-12-14-19(15-13-17)29(32)33/h3-15H,16H2,1-2H3. The van der Waals surface area contributed by atoms with E-state index in [1.807, 2.05) is 6.07 Å². The molecule has 0 spiro atoms. The monoisotopic (exact) mass is 487 g/mol. The van der Waals surface area contributed by atoms with E-state index in [9.17, 15) is 19.7 Å². The molecule has 0 atom stereocenters. The molecule has 4 rings (SSSR count). The topological polar surface area (TPSA) is 123 Å². The van der Waals surface area contributed by atoms with Crippen LogP contribution in [0, 0.1) is 10.1 Å². The number of ether oxygens (including phenoxy) is 3. The molecule has 0 unspecified atom stereocenters. The number of nitro benzene ring substituents is 1. The molecule has 0 N–H and O–H groups in total. The first kappa shape index (κ1) is 24.1. The summed E-state index contributed by atoms with van der Waals surface area (Å²) in [4.78, 5) is 36.1. The second-order valence-electron chi connectivity index (χ2n) is 7.51. The van der Waals surface area contributed by atoms with E-state index in [-0.39, 0.29) is 29.2 Å². The first-order chi connectivity index (χ1) is 17.4. The van der Waals surface area contributed by atoms with Gasteiger partial charge in [-0.25, -0.2) is 14.3 Å². The molecular weight excluding hydrogens is 466 g/mol. The van der Waals surface area contributed by atoms with Crippen molar-refractivity contribution in [1.82, 2.24) is 9.78 Å². The number of carbonyl (C=O) groups is 2. The lowest BCUT2D eigenvalue weighted by Gasteiger charge is -2.11. The van der Waals surface area contributed by atoms with Gasteiger partial charge in [-0.3, -0.25) is 10.1 Å². The second-order valence-corrected chi connectivity index (χ2v) is 7.51. The van der Waals surface area contributed by atoms with Crippen molar-refractivity contribution in [2.45, 2.75) is 6.61 Å². The van der Waals surface area contributed by atoms with Crippen molar-refractivity contribution < 1.29 is 28.7 Å². The number of para-hydroxylation sites is 2. The third-order valence-corrected chi connectivity index (χ3v) is 5.34. The van der Waals surface area contributed by atoms with Gasteiger partial charge in [0.05, 0.1) is 24.8 Å². The lowest BCUT2D eigenvalue weighted by atomic mass is 10.0. The van der Waals surface area contributed by atoms with E-state index in [1.165, 1.54) is 31.0 Å². The van der Waals surface area contributed by atoms with Crippen molar-refractivity contribution >= 4 is 17.6 Å². The first-order valence-corrected chi connectivity index (χ1v) is 10.7. The van der Waals surface area contributed by atoms with E-state index in [2.05, 4.69) is 5.10 Å². The molecule has 0 saturated carbocycles. The smallest absolute Gasteiger partial charge is 0.357 e. The zero-order valence-electron chi connectivity index (χ0n) is 19.4. The van der Waals surface area contributed by atoms with Gasteiger partial charge in [0, 0.05) is 17.7 Å². The van der Waals surface area contributed by atoms with Crippen molar-refractivity contribution in [3.05, 3.63) is 106 Å². The number of esters is 2. The van der Waals surface area contributed by atoms with Crippen LogP contribution in [0.3, 0.4) is 0 Å². The van der Waals surface area contributed by atoms with Crippen LogP contribution in [0.2, 0.25) is 0 Å². The summed E-state index contributed by atoms with van der Waals surface area (Å²) in [5, 5.41) is 15.5. The van der Waals surface area contributed by atoms with Gasteiger partial charge in [0.2, 0.25) is 0 Å². The Balaban J connectivity index is 1.81. The van der Waals surface area contributed by atoms with Crippen LogP contribution >= 0.6 is 0 Å². The number of carbonyl (C=O) groups excluding carboxylic acids is 2. The van der Waals surface area contributed by atoms with Gasteiger partial charge in [-0.05, 0) is 42.0 Å². The summed E-state index contributed by atoms with van der Waals surface area (Å²) in [6, 6.07) is 21.7. The fraction of sp³-hybridized carbons (Fsp3) is 0.115. The van der Waals surface area contributed by atoms with Crippen molar-refractivity contribution in [3.63, 3.8) is 0 Å². The summed E-state index contributed by atoms with van der Waals surface area (Å²) < 4.78 is 17.3. The maximum atomic E-state index is 12.9.